The van der Waals surface area contributed by atoms with Gasteiger partial charge in [0.05, 0.1) is 21.6 Å². The van der Waals surface area contributed by atoms with Crippen molar-refractivity contribution in [2.75, 3.05) is 31.5 Å². The molecular formula is C27H30N6O5S. The van der Waals surface area contributed by atoms with Gasteiger partial charge in [-0.2, -0.15) is 0 Å². The van der Waals surface area contributed by atoms with Crippen molar-refractivity contribution in [2.45, 2.75) is 17.5 Å². The summed E-state index contributed by atoms with van der Waals surface area (Å²) < 4.78 is 29.9. The number of aliphatic hydroxyl groups is 1. The molecule has 0 radical (unpaired) electrons. The van der Waals surface area contributed by atoms with Crippen LogP contribution in [-0.4, -0.2) is 72.1 Å². The molecule has 0 bridgehead atoms. The molecule has 1 unspecified atom stereocenters. The average Bonchev–Trinajstić information content (AvgIpc) is 3.25. The summed E-state index contributed by atoms with van der Waals surface area (Å²) in [6, 6.07) is 19.3. The first kappa shape index (κ1) is 27.8. The number of hydrogen-bond donors (Lipinski definition) is 4. The summed E-state index contributed by atoms with van der Waals surface area (Å²) in [4.78, 5) is 18.3. The number of aromatic nitrogens is 2. The van der Waals surface area contributed by atoms with E-state index in [2.05, 4.69) is 4.98 Å². The molecule has 1 atom stereocenters. The van der Waals surface area contributed by atoms with Crippen LogP contribution in [0.1, 0.15) is 23.1 Å². The highest BCUT2D eigenvalue weighted by molar-refractivity contribution is 7.92. The standard InChI is InChI=1S/C27H30N6O5S/c1-31(2)14-15-33(39(37,38)21-6-4-3-5-7-21)20-12-13-23-22(16-20)30-27(32(23)17-24(34)35)25(36)18-8-10-19(11-9-18)26(28)29/h3-13,16,25,36H,14-15,17H2,1-2H3,(H3,28,29)(H,34,35). The number of aliphatic hydroxyl groups excluding tert-OH is 1. The van der Waals surface area contributed by atoms with E-state index in [9.17, 15) is 23.4 Å². The van der Waals surface area contributed by atoms with Gasteiger partial charge in [0.1, 0.15) is 24.3 Å². The van der Waals surface area contributed by atoms with E-state index in [0.717, 1.165) is 0 Å². The molecule has 0 aliphatic heterocycles. The van der Waals surface area contributed by atoms with Crippen LogP contribution in [0.4, 0.5) is 5.69 Å². The summed E-state index contributed by atoms with van der Waals surface area (Å²) in [5, 5.41) is 28.3. The van der Waals surface area contributed by atoms with Gasteiger partial charge in [-0.05, 0) is 50.0 Å². The molecule has 204 valence electrons. The number of carbonyl (C=O) groups is 1. The zero-order valence-corrected chi connectivity index (χ0v) is 22.3. The summed E-state index contributed by atoms with van der Waals surface area (Å²) in [6.07, 6.45) is -1.28. The van der Waals surface area contributed by atoms with Crippen LogP contribution in [0.25, 0.3) is 11.0 Å². The summed E-state index contributed by atoms with van der Waals surface area (Å²) in [7, 11) is -0.214. The normalized spacial score (nSPS) is 12.5. The van der Waals surface area contributed by atoms with Gasteiger partial charge in [-0.15, -0.1) is 0 Å². The van der Waals surface area contributed by atoms with Gasteiger partial charge in [-0.25, -0.2) is 13.4 Å². The molecule has 4 aromatic rings. The van der Waals surface area contributed by atoms with Crippen LogP contribution in [0.3, 0.4) is 0 Å². The van der Waals surface area contributed by atoms with Gasteiger partial charge in [0, 0.05) is 18.7 Å². The van der Waals surface area contributed by atoms with Crippen LogP contribution in [-0.2, 0) is 21.4 Å². The van der Waals surface area contributed by atoms with Crippen LogP contribution < -0.4 is 10.0 Å². The number of nitrogens with one attached hydrogen (secondary N) is 1. The number of likely N-dealkylation sites (N-methyl/N-ethyl adjacent to an activating group) is 1. The second-order valence-corrected chi connectivity index (χ2v) is 11.1. The first-order valence-corrected chi connectivity index (χ1v) is 13.5. The van der Waals surface area contributed by atoms with Crippen molar-refractivity contribution < 1.29 is 23.4 Å². The second kappa shape index (κ2) is 11.2. The maximum Gasteiger partial charge on any atom is 0.323 e. The summed E-state index contributed by atoms with van der Waals surface area (Å²) in [6.45, 7) is 0.168. The number of nitrogens with two attached hydrogens (primary N) is 1. The SMILES string of the molecule is CN(C)CCN(c1ccc2c(c1)nc(C(O)c1ccc(C(=N)N)cc1)n2CC(=O)O)S(=O)(=O)c1ccccc1. The number of imidazole rings is 1. The molecule has 5 N–H and O–H groups in total. The highest BCUT2D eigenvalue weighted by Crippen LogP contribution is 2.31. The lowest BCUT2D eigenvalue weighted by Crippen LogP contribution is -2.36. The third-order valence-electron chi connectivity index (χ3n) is 6.21. The fraction of sp³-hybridized carbons (Fsp3) is 0.222. The van der Waals surface area contributed by atoms with E-state index >= 15 is 0 Å². The highest BCUT2D eigenvalue weighted by atomic mass is 32.2. The molecule has 0 fully saturated rings. The Hall–Kier alpha value is -4.26. The number of anilines is 1. The van der Waals surface area contributed by atoms with Crippen LogP contribution >= 0.6 is 0 Å². The Kier molecular flexibility index (Phi) is 8.00. The van der Waals surface area contributed by atoms with Crippen molar-refractivity contribution in [3.05, 3.63) is 89.7 Å². The van der Waals surface area contributed by atoms with Crippen molar-refractivity contribution >= 4 is 38.5 Å². The van der Waals surface area contributed by atoms with E-state index < -0.39 is 28.6 Å². The quantitative estimate of drug-likeness (QED) is 0.163. The van der Waals surface area contributed by atoms with Crippen LogP contribution in [0.15, 0.2) is 77.7 Å². The van der Waals surface area contributed by atoms with Gasteiger partial charge in [0.15, 0.2) is 0 Å². The fourth-order valence-corrected chi connectivity index (χ4v) is 5.66. The van der Waals surface area contributed by atoms with Crippen LogP contribution in [0, 0.1) is 5.41 Å². The van der Waals surface area contributed by atoms with Crippen molar-refractivity contribution in [3.63, 3.8) is 0 Å². The van der Waals surface area contributed by atoms with Crippen molar-refractivity contribution in [3.8, 4) is 0 Å². The molecule has 0 amide bonds. The first-order chi connectivity index (χ1) is 18.5. The Morgan fingerprint density at radius 1 is 1.05 bits per heavy atom. The number of amidine groups is 1. The minimum atomic E-state index is -3.91. The molecule has 3 aromatic carbocycles. The lowest BCUT2D eigenvalue weighted by molar-refractivity contribution is -0.137. The molecule has 12 heteroatoms. The Labute approximate surface area is 226 Å². The van der Waals surface area contributed by atoms with Gasteiger partial charge in [0.25, 0.3) is 10.0 Å². The van der Waals surface area contributed by atoms with Crippen LogP contribution in [0.5, 0.6) is 0 Å². The number of nitrogens with zero attached hydrogens (tertiary/aromatic N) is 4. The topological polar surface area (TPSA) is 166 Å². The van der Waals surface area contributed by atoms with Crippen molar-refractivity contribution in [1.29, 1.82) is 5.41 Å². The Balaban J connectivity index is 1.81. The number of fused-ring (bicyclic) bond motifs is 1. The third-order valence-corrected chi connectivity index (χ3v) is 8.05. The van der Waals surface area contributed by atoms with E-state index in [0.29, 0.717) is 34.4 Å². The second-order valence-electron chi connectivity index (χ2n) is 9.25. The van der Waals surface area contributed by atoms with Gasteiger partial charge in [-0.1, -0.05) is 42.5 Å². The number of nitrogen functional groups attached to an aromatic ring is 1. The summed E-state index contributed by atoms with van der Waals surface area (Å²) >= 11 is 0. The van der Waals surface area contributed by atoms with E-state index in [-0.39, 0.29) is 23.1 Å². The monoisotopic (exact) mass is 550 g/mol. The van der Waals surface area contributed by atoms with E-state index in [1.807, 2.05) is 19.0 Å². The van der Waals surface area contributed by atoms with Crippen molar-refractivity contribution in [2.24, 2.45) is 5.73 Å². The number of aliphatic carboxylic acids is 1. The number of benzene rings is 3. The molecule has 0 saturated heterocycles. The molecule has 39 heavy (non-hydrogen) atoms. The summed E-state index contributed by atoms with van der Waals surface area (Å²) in [5.41, 5.74) is 7.55. The molecule has 0 saturated carbocycles. The largest absolute Gasteiger partial charge is 0.480 e. The number of carboxylic acid groups (broad SMARTS) is 1. The molecule has 1 aromatic heterocycles. The molecule has 11 nitrogen and oxygen atoms in total. The smallest absolute Gasteiger partial charge is 0.323 e. The minimum absolute atomic E-state index is 0.0888. The number of carboxylic acids is 1. The number of hydrogen-bond acceptors (Lipinski definition) is 7. The third kappa shape index (κ3) is 5.93. The maximum atomic E-state index is 13.6. The Bertz CT molecular complexity index is 1600. The molecule has 1 heterocycles. The lowest BCUT2D eigenvalue weighted by Gasteiger charge is -2.26. The van der Waals surface area contributed by atoms with E-state index in [1.165, 1.54) is 21.0 Å². The highest BCUT2D eigenvalue weighted by Gasteiger charge is 2.27. The number of sulfonamides is 1. The first-order valence-electron chi connectivity index (χ1n) is 12.1. The lowest BCUT2D eigenvalue weighted by atomic mass is 10.1. The molecular weight excluding hydrogens is 520 g/mol. The van der Waals surface area contributed by atoms with Gasteiger partial charge >= 0.3 is 5.97 Å². The maximum absolute atomic E-state index is 13.6. The zero-order chi connectivity index (χ0) is 28.3. The minimum Gasteiger partial charge on any atom is -0.480 e. The van der Waals surface area contributed by atoms with Crippen molar-refractivity contribution in [1.82, 2.24) is 14.5 Å². The zero-order valence-electron chi connectivity index (χ0n) is 21.5. The molecule has 0 spiro atoms. The van der Waals surface area contributed by atoms with Gasteiger partial charge < -0.3 is 25.4 Å². The van der Waals surface area contributed by atoms with Crippen LogP contribution in [0.2, 0.25) is 0 Å². The molecule has 4 rings (SSSR count). The Morgan fingerprint density at radius 3 is 2.31 bits per heavy atom. The van der Waals surface area contributed by atoms with E-state index in [1.54, 1.807) is 60.7 Å². The number of rotatable bonds is 11. The fourth-order valence-electron chi connectivity index (χ4n) is 4.19. The average molecular weight is 551 g/mol. The Morgan fingerprint density at radius 2 is 1.72 bits per heavy atom. The molecule has 0 aliphatic rings. The summed E-state index contributed by atoms with van der Waals surface area (Å²) in [5.74, 6) is -1.16. The van der Waals surface area contributed by atoms with Gasteiger partial charge in [0.2, 0.25) is 0 Å². The molecule has 0 aliphatic carbocycles. The predicted octanol–water partition coefficient (Wildman–Crippen LogP) is 2.24. The van der Waals surface area contributed by atoms with Gasteiger partial charge in [-0.3, -0.25) is 14.5 Å². The predicted molar refractivity (Wildman–Crippen MR) is 148 cm³/mol. The van der Waals surface area contributed by atoms with E-state index in [4.69, 9.17) is 11.1 Å².